The van der Waals surface area contributed by atoms with Crippen LogP contribution in [0.2, 0.25) is 5.15 Å². The van der Waals surface area contributed by atoms with Crippen molar-refractivity contribution in [1.82, 2.24) is 9.88 Å². The van der Waals surface area contributed by atoms with Crippen LogP contribution in [0, 0.1) is 0 Å². The molecule has 10 heteroatoms. The summed E-state index contributed by atoms with van der Waals surface area (Å²) < 4.78 is 11.2. The molecule has 210 valence electrons. The zero-order chi connectivity index (χ0) is 28.9. The molecule has 2 aromatic carbocycles. The van der Waals surface area contributed by atoms with Crippen molar-refractivity contribution in [3.8, 4) is 11.1 Å². The van der Waals surface area contributed by atoms with E-state index >= 15 is 0 Å². The van der Waals surface area contributed by atoms with Gasteiger partial charge in [-0.25, -0.2) is 14.6 Å². The molecule has 0 saturated carbocycles. The first-order chi connectivity index (χ1) is 19.0. The number of nitrogens with one attached hydrogen (secondary N) is 1. The molecule has 0 atom stereocenters. The largest absolute Gasteiger partial charge is 0.481 e. The lowest BCUT2D eigenvalue weighted by atomic mass is 9.98. The van der Waals surface area contributed by atoms with Crippen molar-refractivity contribution in [1.29, 1.82) is 0 Å². The van der Waals surface area contributed by atoms with Gasteiger partial charge in [0.15, 0.2) is 0 Å². The first-order valence-corrected chi connectivity index (χ1v) is 13.4. The van der Waals surface area contributed by atoms with Crippen LogP contribution in [0.5, 0.6) is 0 Å². The standard InChI is InChI=1S/C30H32ClN3O6/c1-30(2,3)40-28(37)33-27-19(14-15-25(31)32-27)17-34(16-8-13-26(35)36)29(38)39-18-24-22-11-6-4-9-20(22)21-10-5-7-12-23(21)24/h4-7,9-12,14-15,24H,8,13,16-18H2,1-3H3,(H,35,36)(H,32,33,37). The molecule has 2 N–H and O–H groups in total. The summed E-state index contributed by atoms with van der Waals surface area (Å²) in [6.07, 6.45) is -1.22. The number of carboxylic acids is 1. The summed E-state index contributed by atoms with van der Waals surface area (Å²) in [7, 11) is 0. The minimum atomic E-state index is -0.965. The van der Waals surface area contributed by atoms with E-state index in [0.717, 1.165) is 22.3 Å². The predicted molar refractivity (Wildman–Crippen MR) is 151 cm³/mol. The predicted octanol–water partition coefficient (Wildman–Crippen LogP) is 6.70. The maximum Gasteiger partial charge on any atom is 0.413 e. The van der Waals surface area contributed by atoms with E-state index in [1.165, 1.54) is 4.90 Å². The van der Waals surface area contributed by atoms with Crippen molar-refractivity contribution in [3.05, 3.63) is 82.5 Å². The van der Waals surface area contributed by atoms with Crippen LogP contribution < -0.4 is 5.32 Å². The van der Waals surface area contributed by atoms with Gasteiger partial charge in [-0.3, -0.25) is 10.1 Å². The third-order valence-electron chi connectivity index (χ3n) is 6.34. The van der Waals surface area contributed by atoms with Gasteiger partial charge in [0.05, 0.1) is 6.54 Å². The molecule has 0 spiro atoms. The number of hydrogen-bond acceptors (Lipinski definition) is 6. The molecule has 0 saturated heterocycles. The van der Waals surface area contributed by atoms with Crippen LogP contribution >= 0.6 is 11.6 Å². The van der Waals surface area contributed by atoms with Gasteiger partial charge in [-0.05, 0) is 55.5 Å². The number of carbonyl (C=O) groups excluding carboxylic acids is 2. The summed E-state index contributed by atoms with van der Waals surface area (Å²) >= 11 is 6.08. The monoisotopic (exact) mass is 565 g/mol. The summed E-state index contributed by atoms with van der Waals surface area (Å²) in [5, 5.41) is 11.9. The van der Waals surface area contributed by atoms with Crippen molar-refractivity contribution in [2.45, 2.75) is 51.7 Å². The fourth-order valence-electron chi connectivity index (χ4n) is 4.65. The van der Waals surface area contributed by atoms with Crippen molar-refractivity contribution in [2.24, 2.45) is 0 Å². The van der Waals surface area contributed by atoms with Crippen molar-refractivity contribution in [2.75, 3.05) is 18.5 Å². The Bertz CT molecular complexity index is 1360. The van der Waals surface area contributed by atoms with Gasteiger partial charge in [0.2, 0.25) is 0 Å². The fraction of sp³-hybridized carbons (Fsp3) is 0.333. The Morgan fingerprint density at radius 2 is 1.62 bits per heavy atom. The Morgan fingerprint density at radius 1 is 1.00 bits per heavy atom. The van der Waals surface area contributed by atoms with Gasteiger partial charge in [0.1, 0.15) is 23.2 Å². The number of hydrogen-bond donors (Lipinski definition) is 2. The van der Waals surface area contributed by atoms with Gasteiger partial charge in [-0.15, -0.1) is 0 Å². The molecule has 0 unspecified atom stereocenters. The summed E-state index contributed by atoms with van der Waals surface area (Å²) in [5.41, 5.74) is 4.15. The van der Waals surface area contributed by atoms with Gasteiger partial charge in [-0.1, -0.05) is 66.2 Å². The Kier molecular flexibility index (Phi) is 8.94. The highest BCUT2D eigenvalue weighted by molar-refractivity contribution is 6.29. The average molecular weight is 566 g/mol. The summed E-state index contributed by atoms with van der Waals surface area (Å²) in [6, 6.07) is 19.3. The third kappa shape index (κ3) is 7.30. The highest BCUT2D eigenvalue weighted by atomic mass is 35.5. The van der Waals surface area contributed by atoms with Crippen molar-refractivity contribution >= 4 is 35.6 Å². The molecular weight excluding hydrogens is 534 g/mol. The van der Waals surface area contributed by atoms with Crippen molar-refractivity contribution < 1.29 is 29.0 Å². The Hall–Kier alpha value is -4.11. The number of benzene rings is 2. The first kappa shape index (κ1) is 28.9. The number of fused-ring (bicyclic) bond motifs is 3. The topological polar surface area (TPSA) is 118 Å². The molecule has 0 fully saturated rings. The summed E-state index contributed by atoms with van der Waals surface area (Å²) in [5.74, 6) is -0.955. The van der Waals surface area contributed by atoms with Crippen LogP contribution in [0.3, 0.4) is 0 Å². The number of aliphatic carboxylic acids is 1. The number of carboxylic acid groups (broad SMARTS) is 1. The SMILES string of the molecule is CC(C)(C)OC(=O)Nc1nc(Cl)ccc1CN(CCCC(=O)O)C(=O)OCC1c2ccccc2-c2ccccc21. The summed E-state index contributed by atoms with van der Waals surface area (Å²) in [4.78, 5) is 42.6. The number of anilines is 1. The highest BCUT2D eigenvalue weighted by Crippen LogP contribution is 2.44. The first-order valence-electron chi connectivity index (χ1n) is 13.0. The second kappa shape index (κ2) is 12.4. The van der Waals surface area contributed by atoms with Crippen LogP contribution in [-0.4, -0.2) is 51.9 Å². The number of nitrogens with zero attached hydrogens (tertiary/aromatic N) is 2. The number of ether oxygens (including phenoxy) is 2. The van der Waals surface area contributed by atoms with E-state index in [1.54, 1.807) is 32.9 Å². The normalized spacial score (nSPS) is 12.3. The fourth-order valence-corrected chi connectivity index (χ4v) is 4.79. The molecule has 40 heavy (non-hydrogen) atoms. The average Bonchev–Trinajstić information content (AvgIpc) is 3.20. The number of amides is 2. The molecule has 1 aliphatic carbocycles. The van der Waals surface area contributed by atoms with Gasteiger partial charge >= 0.3 is 18.2 Å². The van der Waals surface area contributed by atoms with Gasteiger partial charge in [0.25, 0.3) is 0 Å². The molecule has 3 aromatic rings. The molecule has 1 aliphatic rings. The maximum absolute atomic E-state index is 13.4. The Balaban J connectivity index is 1.52. The molecule has 1 heterocycles. The zero-order valence-electron chi connectivity index (χ0n) is 22.6. The van der Waals surface area contributed by atoms with Crippen LogP contribution in [0.4, 0.5) is 15.4 Å². The smallest absolute Gasteiger partial charge is 0.413 e. The lowest BCUT2D eigenvalue weighted by Gasteiger charge is -2.25. The number of rotatable bonds is 9. The molecule has 0 radical (unpaired) electrons. The second-order valence-electron chi connectivity index (χ2n) is 10.5. The van der Waals surface area contributed by atoms with Crippen LogP contribution in [0.15, 0.2) is 60.7 Å². The minimum absolute atomic E-state index is 0.00555. The molecule has 9 nitrogen and oxygen atoms in total. The van der Waals surface area contributed by atoms with Crippen LogP contribution in [0.1, 0.15) is 56.2 Å². The number of pyridine rings is 1. The Labute approximate surface area is 238 Å². The minimum Gasteiger partial charge on any atom is -0.481 e. The van der Waals surface area contributed by atoms with Crippen LogP contribution in [-0.2, 0) is 20.8 Å². The van der Waals surface area contributed by atoms with E-state index in [-0.39, 0.29) is 49.4 Å². The van der Waals surface area contributed by atoms with Gasteiger partial charge in [0, 0.05) is 24.4 Å². The summed E-state index contributed by atoms with van der Waals surface area (Å²) in [6.45, 7) is 5.45. The number of carbonyl (C=O) groups is 3. The van der Waals surface area contributed by atoms with Gasteiger partial charge < -0.3 is 19.5 Å². The molecule has 2 amide bonds. The number of halogens is 1. The molecule has 0 aliphatic heterocycles. The van der Waals surface area contributed by atoms with Gasteiger partial charge in [-0.2, -0.15) is 0 Å². The molecule has 1 aromatic heterocycles. The lowest BCUT2D eigenvalue weighted by molar-refractivity contribution is -0.137. The quantitative estimate of drug-likeness (QED) is 0.277. The zero-order valence-corrected chi connectivity index (χ0v) is 23.4. The van der Waals surface area contributed by atoms with E-state index in [1.807, 2.05) is 36.4 Å². The van der Waals surface area contributed by atoms with E-state index in [2.05, 4.69) is 22.4 Å². The molecule has 4 rings (SSSR count). The molecule has 0 bridgehead atoms. The van der Waals surface area contributed by atoms with Crippen LogP contribution in [0.25, 0.3) is 11.1 Å². The number of aromatic nitrogens is 1. The van der Waals surface area contributed by atoms with E-state index < -0.39 is 23.8 Å². The third-order valence-corrected chi connectivity index (χ3v) is 6.55. The maximum atomic E-state index is 13.4. The second-order valence-corrected chi connectivity index (χ2v) is 10.9. The Morgan fingerprint density at radius 3 is 2.23 bits per heavy atom. The van der Waals surface area contributed by atoms with E-state index in [0.29, 0.717) is 5.56 Å². The highest BCUT2D eigenvalue weighted by Gasteiger charge is 2.30. The lowest BCUT2D eigenvalue weighted by Crippen LogP contribution is -2.34. The van der Waals surface area contributed by atoms with Crippen molar-refractivity contribution in [3.63, 3.8) is 0 Å². The van der Waals surface area contributed by atoms with E-state index in [4.69, 9.17) is 26.2 Å². The molecular formula is C30H32ClN3O6. The van der Waals surface area contributed by atoms with E-state index in [9.17, 15) is 14.4 Å².